The first-order chi connectivity index (χ1) is 4.79. The Morgan fingerprint density at radius 3 is 2.40 bits per heavy atom. The number of halogens is 2. The molecule has 1 aromatic heterocycles. The third-order valence-electron chi connectivity index (χ3n) is 0.982. The minimum absolute atomic E-state index is 0.468. The van der Waals surface area contributed by atoms with Crippen molar-refractivity contribution in [3.63, 3.8) is 0 Å². The molecule has 0 saturated carbocycles. The molecule has 0 aliphatic rings. The number of pyridine rings is 1. The van der Waals surface area contributed by atoms with Crippen LogP contribution in [0.15, 0.2) is 30.6 Å². The molecule has 3 heteroatoms. The second-order valence-corrected chi connectivity index (χ2v) is 1.71. The maximum absolute atomic E-state index is 11.6. The van der Waals surface area contributed by atoms with Gasteiger partial charge >= 0.3 is 0 Å². The van der Waals surface area contributed by atoms with E-state index in [0.717, 1.165) is 6.08 Å². The van der Waals surface area contributed by atoms with Crippen LogP contribution in [0.5, 0.6) is 0 Å². The van der Waals surface area contributed by atoms with Gasteiger partial charge in [-0.05, 0) is 17.7 Å². The van der Waals surface area contributed by atoms with Crippen LogP contribution in [0.2, 0.25) is 0 Å². The van der Waals surface area contributed by atoms with Gasteiger partial charge in [-0.25, -0.2) is 0 Å². The van der Waals surface area contributed by atoms with E-state index in [1.54, 1.807) is 0 Å². The molecule has 0 aliphatic carbocycles. The smallest absolute Gasteiger partial charge is 0.265 e. The molecule has 0 spiro atoms. The summed E-state index contributed by atoms with van der Waals surface area (Å²) in [5.74, 6) is 0. The molecule has 0 fully saturated rings. The van der Waals surface area contributed by atoms with Crippen LogP contribution in [0, 0.1) is 0 Å². The van der Waals surface area contributed by atoms with Gasteiger partial charge in [0, 0.05) is 18.5 Å². The van der Waals surface area contributed by atoms with Crippen molar-refractivity contribution in [2.24, 2.45) is 0 Å². The molecule has 0 bridgehead atoms. The first-order valence-electron chi connectivity index (χ1n) is 2.72. The van der Waals surface area contributed by atoms with E-state index in [1.807, 2.05) is 0 Å². The molecule has 1 rings (SSSR count). The maximum Gasteiger partial charge on any atom is 0.270 e. The highest BCUT2D eigenvalue weighted by atomic mass is 19.3. The molecule has 0 unspecified atom stereocenters. The summed E-state index contributed by atoms with van der Waals surface area (Å²) < 4.78 is 23.1. The Hall–Kier alpha value is -1.25. The Bertz CT molecular complexity index is 227. The molecule has 0 aliphatic heterocycles. The molecule has 1 aromatic rings. The Labute approximate surface area is 57.0 Å². The first-order valence-corrected chi connectivity index (χ1v) is 2.72. The molecule has 0 atom stereocenters. The highest BCUT2D eigenvalue weighted by Crippen LogP contribution is 2.06. The largest absolute Gasteiger partial charge is 0.270 e. The van der Waals surface area contributed by atoms with Crippen LogP contribution in [0.4, 0.5) is 8.78 Å². The third kappa shape index (κ3) is 1.93. The SMILES string of the molecule is FC(F)=Cc1ccncc1. The van der Waals surface area contributed by atoms with Gasteiger partial charge in [0.2, 0.25) is 0 Å². The van der Waals surface area contributed by atoms with Crippen LogP contribution in [0.25, 0.3) is 6.08 Å². The summed E-state index contributed by atoms with van der Waals surface area (Å²) in [6.45, 7) is 0. The van der Waals surface area contributed by atoms with Gasteiger partial charge in [0.1, 0.15) is 0 Å². The summed E-state index contributed by atoms with van der Waals surface area (Å²) >= 11 is 0. The summed E-state index contributed by atoms with van der Waals surface area (Å²) in [5.41, 5.74) is 0.468. The van der Waals surface area contributed by atoms with E-state index < -0.39 is 6.08 Å². The summed E-state index contributed by atoms with van der Waals surface area (Å²) in [6.07, 6.45) is 2.04. The fourth-order valence-corrected chi connectivity index (χ4v) is 0.586. The van der Waals surface area contributed by atoms with Crippen molar-refractivity contribution in [3.05, 3.63) is 36.2 Å². The van der Waals surface area contributed by atoms with Crippen LogP contribution < -0.4 is 0 Å². The van der Waals surface area contributed by atoms with Gasteiger partial charge in [0.25, 0.3) is 6.08 Å². The lowest BCUT2D eigenvalue weighted by atomic mass is 10.3. The molecule has 1 heterocycles. The van der Waals surface area contributed by atoms with E-state index >= 15 is 0 Å². The number of aromatic nitrogens is 1. The molecule has 52 valence electrons. The van der Waals surface area contributed by atoms with Crippen LogP contribution in [-0.4, -0.2) is 4.98 Å². The molecule has 0 N–H and O–H groups in total. The summed E-state index contributed by atoms with van der Waals surface area (Å²) in [6, 6.07) is 3.03. The highest BCUT2D eigenvalue weighted by molar-refractivity contribution is 5.48. The fraction of sp³-hybridized carbons (Fsp3) is 0. The van der Waals surface area contributed by atoms with Crippen LogP contribution in [0.1, 0.15) is 5.56 Å². The van der Waals surface area contributed by atoms with Crippen molar-refractivity contribution in [1.29, 1.82) is 0 Å². The second kappa shape index (κ2) is 3.06. The summed E-state index contributed by atoms with van der Waals surface area (Å²) in [5, 5.41) is 0. The van der Waals surface area contributed by atoms with E-state index in [1.165, 1.54) is 24.5 Å². The Balaban J connectivity index is 2.87. The molecule has 0 aromatic carbocycles. The minimum Gasteiger partial charge on any atom is -0.265 e. The van der Waals surface area contributed by atoms with Gasteiger partial charge in [-0.1, -0.05) is 0 Å². The fourth-order valence-electron chi connectivity index (χ4n) is 0.586. The minimum atomic E-state index is -1.69. The van der Waals surface area contributed by atoms with E-state index in [9.17, 15) is 8.78 Å². The van der Waals surface area contributed by atoms with Gasteiger partial charge in [-0.15, -0.1) is 0 Å². The quantitative estimate of drug-likeness (QED) is 0.584. The topological polar surface area (TPSA) is 12.9 Å². The predicted molar refractivity (Wildman–Crippen MR) is 34.4 cm³/mol. The van der Waals surface area contributed by atoms with E-state index in [-0.39, 0.29) is 0 Å². The average Bonchev–Trinajstić information content (AvgIpc) is 1.88. The first kappa shape index (κ1) is 6.86. The molecule has 1 nitrogen and oxygen atoms in total. The summed E-state index contributed by atoms with van der Waals surface area (Å²) in [4.78, 5) is 3.68. The normalized spacial score (nSPS) is 9.00. The Morgan fingerprint density at radius 2 is 1.90 bits per heavy atom. The summed E-state index contributed by atoms with van der Waals surface area (Å²) in [7, 11) is 0. The number of hydrogen-bond donors (Lipinski definition) is 0. The lowest BCUT2D eigenvalue weighted by Crippen LogP contribution is -1.72. The number of hydrogen-bond acceptors (Lipinski definition) is 1. The highest BCUT2D eigenvalue weighted by Gasteiger charge is 1.88. The number of nitrogens with zero attached hydrogens (tertiary/aromatic N) is 1. The zero-order valence-electron chi connectivity index (χ0n) is 5.09. The van der Waals surface area contributed by atoms with E-state index in [4.69, 9.17) is 0 Å². The molecule has 0 radical (unpaired) electrons. The van der Waals surface area contributed by atoms with Crippen molar-refractivity contribution in [2.45, 2.75) is 0 Å². The lowest BCUT2D eigenvalue weighted by Gasteiger charge is -1.86. The van der Waals surface area contributed by atoms with Gasteiger partial charge in [-0.2, -0.15) is 8.78 Å². The molecular formula is C7H5F2N. The van der Waals surface area contributed by atoms with E-state index in [2.05, 4.69) is 4.98 Å². The molecular weight excluding hydrogens is 136 g/mol. The van der Waals surface area contributed by atoms with Gasteiger partial charge in [0.05, 0.1) is 0 Å². The van der Waals surface area contributed by atoms with Crippen molar-refractivity contribution < 1.29 is 8.78 Å². The lowest BCUT2D eigenvalue weighted by molar-refractivity contribution is 0.429. The monoisotopic (exact) mass is 141 g/mol. The van der Waals surface area contributed by atoms with Gasteiger partial charge < -0.3 is 0 Å². The van der Waals surface area contributed by atoms with Crippen LogP contribution >= 0.6 is 0 Å². The molecule has 0 saturated heterocycles. The van der Waals surface area contributed by atoms with Gasteiger partial charge in [-0.3, -0.25) is 4.98 Å². The van der Waals surface area contributed by atoms with Gasteiger partial charge in [0.15, 0.2) is 0 Å². The predicted octanol–water partition coefficient (Wildman–Crippen LogP) is 2.32. The molecule has 0 amide bonds. The second-order valence-electron chi connectivity index (χ2n) is 1.71. The van der Waals surface area contributed by atoms with Crippen molar-refractivity contribution >= 4 is 6.08 Å². The third-order valence-corrected chi connectivity index (χ3v) is 0.982. The van der Waals surface area contributed by atoms with Crippen LogP contribution in [0.3, 0.4) is 0 Å². The van der Waals surface area contributed by atoms with E-state index in [0.29, 0.717) is 5.56 Å². The Morgan fingerprint density at radius 1 is 1.30 bits per heavy atom. The van der Waals surface area contributed by atoms with Crippen LogP contribution in [-0.2, 0) is 0 Å². The number of rotatable bonds is 1. The standard InChI is InChI=1S/C7H5F2N/c8-7(9)5-6-1-3-10-4-2-6/h1-5H. The maximum atomic E-state index is 11.6. The zero-order valence-corrected chi connectivity index (χ0v) is 5.09. The molecule has 10 heavy (non-hydrogen) atoms. The van der Waals surface area contributed by atoms with Crippen molar-refractivity contribution in [2.75, 3.05) is 0 Å². The zero-order chi connectivity index (χ0) is 7.40. The Kier molecular flexibility index (Phi) is 2.10. The van der Waals surface area contributed by atoms with Crippen molar-refractivity contribution in [3.8, 4) is 0 Å². The average molecular weight is 141 g/mol. The van der Waals surface area contributed by atoms with Crippen molar-refractivity contribution in [1.82, 2.24) is 4.98 Å².